The Morgan fingerprint density at radius 1 is 1.21 bits per heavy atom. The van der Waals surface area contributed by atoms with E-state index in [4.69, 9.17) is 0 Å². The number of anilines is 2. The number of carbonyl (C=O) groups excluding carboxylic acids is 1. The van der Waals surface area contributed by atoms with Gasteiger partial charge in [0.1, 0.15) is 11.9 Å². The van der Waals surface area contributed by atoms with Gasteiger partial charge in [-0.15, -0.1) is 0 Å². The summed E-state index contributed by atoms with van der Waals surface area (Å²) in [6.45, 7) is 1.49. The van der Waals surface area contributed by atoms with Crippen molar-refractivity contribution in [2.24, 2.45) is 0 Å². The lowest BCUT2D eigenvalue weighted by molar-refractivity contribution is -0.384. The third-order valence-electron chi connectivity index (χ3n) is 3.57. The molecule has 0 unspecified atom stereocenters. The predicted molar refractivity (Wildman–Crippen MR) is 95.8 cm³/mol. The van der Waals surface area contributed by atoms with Gasteiger partial charge in [0.2, 0.25) is 0 Å². The van der Waals surface area contributed by atoms with E-state index < -0.39 is 4.92 Å². The maximum absolute atomic E-state index is 11.4. The molecule has 0 saturated heterocycles. The minimum atomic E-state index is -0.473. The van der Waals surface area contributed by atoms with Crippen molar-refractivity contribution in [1.82, 2.24) is 4.98 Å². The average molecular weight is 386 g/mol. The lowest BCUT2D eigenvalue weighted by Crippen LogP contribution is -2.00. The molecule has 0 amide bonds. The first kappa shape index (κ1) is 16.1. The number of pyridine rings is 1. The predicted octanol–water partition coefficient (Wildman–Crippen LogP) is 4.85. The molecular formula is C17H12BrN3O3. The van der Waals surface area contributed by atoms with E-state index in [0.29, 0.717) is 27.8 Å². The van der Waals surface area contributed by atoms with Gasteiger partial charge >= 0.3 is 5.69 Å². The molecule has 0 saturated carbocycles. The molecule has 0 aliphatic carbocycles. The van der Waals surface area contributed by atoms with E-state index in [-0.39, 0.29) is 11.5 Å². The highest BCUT2D eigenvalue weighted by molar-refractivity contribution is 9.10. The third kappa shape index (κ3) is 3.11. The highest BCUT2D eigenvalue weighted by Gasteiger charge is 2.18. The summed E-state index contributed by atoms with van der Waals surface area (Å²) >= 11 is 3.38. The van der Waals surface area contributed by atoms with Crippen LogP contribution in [0.3, 0.4) is 0 Å². The number of nitrogens with one attached hydrogen (secondary N) is 1. The van der Waals surface area contributed by atoms with E-state index in [9.17, 15) is 14.9 Å². The van der Waals surface area contributed by atoms with Crippen LogP contribution >= 0.6 is 15.9 Å². The summed E-state index contributed by atoms with van der Waals surface area (Å²) in [5, 5.41) is 15.1. The molecule has 3 aromatic rings. The van der Waals surface area contributed by atoms with Crippen LogP contribution in [0.25, 0.3) is 10.9 Å². The number of fused-ring (bicyclic) bond motifs is 1. The van der Waals surface area contributed by atoms with E-state index in [2.05, 4.69) is 26.2 Å². The first-order chi connectivity index (χ1) is 11.5. The maximum Gasteiger partial charge on any atom is 0.311 e. The Morgan fingerprint density at radius 2 is 1.92 bits per heavy atom. The Hall–Kier alpha value is -2.80. The van der Waals surface area contributed by atoms with Crippen molar-refractivity contribution in [2.75, 3.05) is 5.32 Å². The van der Waals surface area contributed by atoms with Gasteiger partial charge < -0.3 is 5.32 Å². The Labute approximate surface area is 145 Å². The molecule has 0 aliphatic heterocycles. The van der Waals surface area contributed by atoms with Gasteiger partial charge in [-0.05, 0) is 49.4 Å². The van der Waals surface area contributed by atoms with Crippen LogP contribution in [-0.2, 0) is 0 Å². The molecule has 0 spiro atoms. The number of carbonyl (C=O) groups is 1. The molecule has 0 bridgehead atoms. The van der Waals surface area contributed by atoms with Crippen LogP contribution in [0.4, 0.5) is 17.1 Å². The first-order valence-corrected chi connectivity index (χ1v) is 7.85. The number of aromatic nitrogens is 1. The van der Waals surface area contributed by atoms with Crippen LogP contribution in [0.15, 0.2) is 53.1 Å². The molecule has 0 aliphatic rings. The molecule has 120 valence electrons. The van der Waals surface area contributed by atoms with Gasteiger partial charge in [-0.1, -0.05) is 15.9 Å². The Kier molecular flexibility index (Phi) is 4.26. The molecule has 0 fully saturated rings. The number of hydrogen-bond acceptors (Lipinski definition) is 5. The van der Waals surface area contributed by atoms with Crippen LogP contribution in [0.1, 0.15) is 17.3 Å². The number of nitro groups is 1. The van der Waals surface area contributed by atoms with Gasteiger partial charge in [0.15, 0.2) is 5.78 Å². The lowest BCUT2D eigenvalue weighted by Gasteiger charge is -2.11. The Morgan fingerprint density at radius 3 is 2.54 bits per heavy atom. The zero-order valence-corrected chi connectivity index (χ0v) is 14.2. The number of Topliss-reactive ketones (excluding diaryl/α,β-unsaturated/α-hetero) is 1. The van der Waals surface area contributed by atoms with Gasteiger partial charge in [-0.2, -0.15) is 0 Å². The molecule has 24 heavy (non-hydrogen) atoms. The number of halogens is 1. The van der Waals surface area contributed by atoms with E-state index >= 15 is 0 Å². The fourth-order valence-corrected chi connectivity index (χ4v) is 2.72. The average Bonchev–Trinajstić information content (AvgIpc) is 2.55. The number of benzene rings is 2. The van der Waals surface area contributed by atoms with Gasteiger partial charge in [0.05, 0.1) is 10.4 Å². The summed E-state index contributed by atoms with van der Waals surface area (Å²) in [6.07, 6.45) is 1.24. The van der Waals surface area contributed by atoms with Crippen molar-refractivity contribution in [3.8, 4) is 0 Å². The van der Waals surface area contributed by atoms with Crippen molar-refractivity contribution in [1.29, 1.82) is 0 Å². The van der Waals surface area contributed by atoms with Crippen molar-refractivity contribution >= 4 is 49.7 Å². The normalized spacial score (nSPS) is 10.6. The van der Waals surface area contributed by atoms with Crippen molar-refractivity contribution in [3.63, 3.8) is 0 Å². The summed E-state index contributed by atoms with van der Waals surface area (Å²) in [5.74, 6) is -0.0363. The van der Waals surface area contributed by atoms with Gasteiger partial charge in [-0.25, -0.2) is 4.98 Å². The minimum Gasteiger partial charge on any atom is -0.349 e. The molecular weight excluding hydrogens is 374 g/mol. The zero-order valence-electron chi connectivity index (χ0n) is 12.6. The van der Waals surface area contributed by atoms with E-state index in [1.807, 2.05) is 6.07 Å². The monoisotopic (exact) mass is 385 g/mol. The van der Waals surface area contributed by atoms with Crippen LogP contribution in [0.2, 0.25) is 0 Å². The molecule has 2 aromatic carbocycles. The minimum absolute atomic E-state index is 0.0363. The summed E-state index contributed by atoms with van der Waals surface area (Å²) in [5.41, 5.74) is 2.12. The highest BCUT2D eigenvalue weighted by Crippen LogP contribution is 2.35. The number of rotatable bonds is 4. The summed E-state index contributed by atoms with van der Waals surface area (Å²) < 4.78 is 0.798. The smallest absolute Gasteiger partial charge is 0.311 e. The van der Waals surface area contributed by atoms with Crippen molar-refractivity contribution in [3.05, 3.63) is 68.8 Å². The topological polar surface area (TPSA) is 85.1 Å². The second-order valence-electron chi connectivity index (χ2n) is 5.20. The molecule has 0 atom stereocenters. The summed E-state index contributed by atoms with van der Waals surface area (Å²) in [6, 6.07) is 12.2. The molecule has 6 nitrogen and oxygen atoms in total. The van der Waals surface area contributed by atoms with Crippen LogP contribution in [-0.4, -0.2) is 15.7 Å². The van der Waals surface area contributed by atoms with E-state index in [0.717, 1.165) is 4.47 Å². The van der Waals surface area contributed by atoms with Crippen LogP contribution in [0.5, 0.6) is 0 Å². The summed E-state index contributed by atoms with van der Waals surface area (Å²) in [7, 11) is 0. The Bertz CT molecular complexity index is 955. The van der Waals surface area contributed by atoms with Crippen molar-refractivity contribution in [2.45, 2.75) is 6.92 Å². The first-order valence-electron chi connectivity index (χ1n) is 7.06. The molecule has 1 heterocycles. The Balaban J connectivity index is 2.12. The van der Waals surface area contributed by atoms with E-state index in [1.165, 1.54) is 13.1 Å². The molecule has 3 rings (SSSR count). The van der Waals surface area contributed by atoms with Gasteiger partial charge in [-0.3, -0.25) is 14.9 Å². The van der Waals surface area contributed by atoms with Crippen LogP contribution < -0.4 is 5.32 Å². The van der Waals surface area contributed by atoms with Crippen molar-refractivity contribution < 1.29 is 9.72 Å². The lowest BCUT2D eigenvalue weighted by atomic mass is 10.1. The largest absolute Gasteiger partial charge is 0.349 e. The standard InChI is InChI=1S/C17H12BrN3O3/c1-10(22)11-2-5-13(6-3-11)20-17-14-8-12(18)4-7-15(14)19-9-16(17)21(23)24/h2-9H,1H3,(H,19,20). The zero-order chi connectivity index (χ0) is 17.3. The molecule has 1 aromatic heterocycles. The number of nitrogens with zero attached hydrogens (tertiary/aromatic N) is 2. The van der Waals surface area contributed by atoms with Gasteiger partial charge in [0.25, 0.3) is 0 Å². The third-order valence-corrected chi connectivity index (χ3v) is 4.06. The second kappa shape index (κ2) is 6.37. The maximum atomic E-state index is 11.4. The van der Waals surface area contributed by atoms with Crippen LogP contribution in [0, 0.1) is 10.1 Å². The molecule has 0 radical (unpaired) electrons. The number of hydrogen-bond donors (Lipinski definition) is 1. The van der Waals surface area contributed by atoms with E-state index in [1.54, 1.807) is 36.4 Å². The summed E-state index contributed by atoms with van der Waals surface area (Å²) in [4.78, 5) is 26.4. The molecule has 1 N–H and O–H groups in total. The fourth-order valence-electron chi connectivity index (χ4n) is 2.36. The van der Waals surface area contributed by atoms with Gasteiger partial charge in [0, 0.05) is 21.1 Å². The highest BCUT2D eigenvalue weighted by atomic mass is 79.9. The quantitative estimate of drug-likeness (QED) is 0.394. The second-order valence-corrected chi connectivity index (χ2v) is 6.11. The molecule has 7 heteroatoms. The SMILES string of the molecule is CC(=O)c1ccc(Nc2c([N+](=O)[O-])cnc3ccc(Br)cc23)cc1. The fraction of sp³-hybridized carbons (Fsp3) is 0.0588. The number of ketones is 1.